The van der Waals surface area contributed by atoms with Crippen LogP contribution in [0, 0.1) is 10.1 Å². The predicted molar refractivity (Wildman–Crippen MR) is 103 cm³/mol. The van der Waals surface area contributed by atoms with E-state index >= 15 is 0 Å². The van der Waals surface area contributed by atoms with Crippen LogP contribution >= 0.6 is 11.8 Å². The summed E-state index contributed by atoms with van der Waals surface area (Å²) in [7, 11) is 2.77. The molecule has 0 unspecified atom stereocenters. The van der Waals surface area contributed by atoms with E-state index in [1.807, 2.05) is 18.4 Å². The first-order valence-corrected chi connectivity index (χ1v) is 9.10. The molecule has 0 aliphatic rings. The molecule has 1 N–H and O–H groups in total. The van der Waals surface area contributed by atoms with Gasteiger partial charge in [0, 0.05) is 23.6 Å². The Morgan fingerprint density at radius 2 is 1.96 bits per heavy atom. The van der Waals surface area contributed by atoms with E-state index in [1.165, 1.54) is 43.0 Å². The van der Waals surface area contributed by atoms with Crippen LogP contribution in [-0.2, 0) is 4.79 Å². The van der Waals surface area contributed by atoms with Crippen LogP contribution in [0.25, 0.3) is 0 Å². The molecule has 0 spiro atoms. The molecule has 2 aromatic rings. The summed E-state index contributed by atoms with van der Waals surface area (Å²) in [5, 5.41) is 13.9. The van der Waals surface area contributed by atoms with Crippen LogP contribution in [0.3, 0.4) is 0 Å². The number of nitro benzene ring substituents is 1. The number of nitrogens with one attached hydrogen (secondary N) is 1. The minimum Gasteiger partial charge on any atom is -0.490 e. The number of amides is 2. The SMILES string of the molecule is COc1ccc(C(=O)N(C)CC(=O)Nc2ccccc2SC)cc1[N+](=O)[O-]. The number of carbonyl (C=O) groups excluding carboxylic acids is 2. The van der Waals surface area contributed by atoms with Crippen molar-refractivity contribution in [1.29, 1.82) is 0 Å². The van der Waals surface area contributed by atoms with E-state index in [0.717, 1.165) is 11.0 Å². The number of nitro groups is 1. The van der Waals surface area contributed by atoms with Gasteiger partial charge in [-0.1, -0.05) is 12.1 Å². The van der Waals surface area contributed by atoms with Gasteiger partial charge in [0.2, 0.25) is 5.91 Å². The molecule has 0 saturated heterocycles. The van der Waals surface area contributed by atoms with Crippen molar-refractivity contribution in [3.8, 4) is 5.75 Å². The van der Waals surface area contributed by atoms with Crippen molar-refractivity contribution in [1.82, 2.24) is 4.90 Å². The van der Waals surface area contributed by atoms with Gasteiger partial charge in [-0.25, -0.2) is 0 Å². The molecule has 0 aliphatic heterocycles. The summed E-state index contributed by atoms with van der Waals surface area (Å²) < 4.78 is 4.92. The summed E-state index contributed by atoms with van der Waals surface area (Å²) in [4.78, 5) is 37.4. The highest BCUT2D eigenvalue weighted by Crippen LogP contribution is 2.28. The van der Waals surface area contributed by atoms with E-state index in [1.54, 1.807) is 12.1 Å². The number of rotatable bonds is 7. The van der Waals surface area contributed by atoms with Crippen molar-refractivity contribution in [2.24, 2.45) is 0 Å². The fourth-order valence-corrected chi connectivity index (χ4v) is 2.96. The Balaban J connectivity index is 2.10. The first kappa shape index (κ1) is 20.2. The number of nitrogens with zero attached hydrogens (tertiary/aromatic N) is 2. The molecule has 2 amide bonds. The van der Waals surface area contributed by atoms with Gasteiger partial charge in [-0.05, 0) is 30.5 Å². The van der Waals surface area contributed by atoms with Crippen molar-refractivity contribution >= 4 is 35.0 Å². The highest BCUT2D eigenvalue weighted by molar-refractivity contribution is 7.98. The highest BCUT2D eigenvalue weighted by Gasteiger charge is 2.21. The molecule has 9 heteroatoms. The maximum Gasteiger partial charge on any atom is 0.311 e. The molecule has 0 aliphatic carbocycles. The molecule has 142 valence electrons. The van der Waals surface area contributed by atoms with Crippen molar-refractivity contribution in [3.05, 3.63) is 58.1 Å². The van der Waals surface area contributed by atoms with Crippen molar-refractivity contribution in [3.63, 3.8) is 0 Å². The Bertz CT molecular complexity index is 872. The number of hydrogen-bond donors (Lipinski definition) is 1. The number of ether oxygens (including phenoxy) is 1. The molecular formula is C18H19N3O5S. The molecule has 0 fully saturated rings. The lowest BCUT2D eigenvalue weighted by molar-refractivity contribution is -0.385. The molecule has 0 saturated carbocycles. The molecule has 0 aromatic heterocycles. The largest absolute Gasteiger partial charge is 0.490 e. The molecule has 0 heterocycles. The predicted octanol–water partition coefficient (Wildman–Crippen LogP) is 3.04. The maximum atomic E-state index is 12.5. The molecule has 0 radical (unpaired) electrons. The van der Waals surface area contributed by atoms with Crippen LogP contribution in [0.1, 0.15) is 10.4 Å². The number of thioether (sulfide) groups is 1. The minimum atomic E-state index is -0.623. The number of likely N-dealkylation sites (N-methyl/N-ethyl adjacent to an activating group) is 1. The highest BCUT2D eigenvalue weighted by atomic mass is 32.2. The Kier molecular flexibility index (Phi) is 6.78. The summed E-state index contributed by atoms with van der Waals surface area (Å²) in [5.41, 5.74) is 0.452. The third kappa shape index (κ3) is 4.98. The van der Waals surface area contributed by atoms with Gasteiger partial charge in [-0.3, -0.25) is 19.7 Å². The number of hydrogen-bond acceptors (Lipinski definition) is 6. The van der Waals surface area contributed by atoms with Gasteiger partial charge in [0.05, 0.1) is 24.3 Å². The smallest absolute Gasteiger partial charge is 0.311 e. The zero-order valence-electron chi connectivity index (χ0n) is 15.1. The second-order valence-corrected chi connectivity index (χ2v) is 6.40. The Hall–Kier alpha value is -3.07. The minimum absolute atomic E-state index is 0.0608. The summed E-state index contributed by atoms with van der Waals surface area (Å²) in [6.07, 6.45) is 1.90. The molecule has 8 nitrogen and oxygen atoms in total. The number of methoxy groups -OCH3 is 1. The van der Waals surface area contributed by atoms with E-state index in [4.69, 9.17) is 4.74 Å². The van der Waals surface area contributed by atoms with Gasteiger partial charge in [-0.2, -0.15) is 0 Å². The Morgan fingerprint density at radius 3 is 2.59 bits per heavy atom. The number of para-hydroxylation sites is 1. The van der Waals surface area contributed by atoms with Crippen LogP contribution in [-0.4, -0.2) is 48.6 Å². The van der Waals surface area contributed by atoms with E-state index < -0.39 is 10.8 Å². The normalized spacial score (nSPS) is 10.2. The topological polar surface area (TPSA) is 102 Å². The molecular weight excluding hydrogens is 370 g/mol. The maximum absolute atomic E-state index is 12.5. The first-order valence-electron chi connectivity index (χ1n) is 7.88. The summed E-state index contributed by atoms with van der Waals surface area (Å²) in [6, 6.07) is 11.2. The van der Waals surface area contributed by atoms with Crippen LogP contribution in [0.5, 0.6) is 5.75 Å². The van der Waals surface area contributed by atoms with Crippen LogP contribution in [0.15, 0.2) is 47.4 Å². The van der Waals surface area contributed by atoms with Crippen LogP contribution in [0.2, 0.25) is 0 Å². The van der Waals surface area contributed by atoms with Crippen molar-refractivity contribution in [2.75, 3.05) is 32.3 Å². The second kappa shape index (κ2) is 9.04. The lowest BCUT2D eigenvalue weighted by Gasteiger charge is -2.17. The summed E-state index contributed by atoms with van der Waals surface area (Å²) in [6.45, 7) is -0.193. The van der Waals surface area contributed by atoms with Gasteiger partial charge in [0.25, 0.3) is 5.91 Å². The molecule has 0 bridgehead atoms. The average molecular weight is 389 g/mol. The Labute approximate surface area is 160 Å². The standard InChI is InChI=1S/C18H19N3O5S/c1-20(11-17(22)19-13-6-4-5-7-16(13)27-3)18(23)12-8-9-15(26-2)14(10-12)21(24)25/h4-10H,11H2,1-3H3,(H,19,22). The zero-order valence-corrected chi connectivity index (χ0v) is 15.9. The van der Waals surface area contributed by atoms with E-state index in [9.17, 15) is 19.7 Å². The van der Waals surface area contributed by atoms with E-state index in [0.29, 0.717) is 5.69 Å². The quantitative estimate of drug-likeness (QED) is 0.444. The van der Waals surface area contributed by atoms with Crippen molar-refractivity contribution in [2.45, 2.75) is 4.90 Å². The molecule has 0 atom stereocenters. The summed E-state index contributed by atoms with van der Waals surface area (Å²) in [5.74, 6) is -0.810. The third-order valence-electron chi connectivity index (χ3n) is 3.73. The van der Waals surface area contributed by atoms with Gasteiger partial charge in [0.1, 0.15) is 0 Å². The lowest BCUT2D eigenvalue weighted by Crippen LogP contribution is -2.35. The van der Waals surface area contributed by atoms with Gasteiger partial charge in [0.15, 0.2) is 5.75 Å². The van der Waals surface area contributed by atoms with E-state index in [-0.39, 0.29) is 29.5 Å². The third-order valence-corrected chi connectivity index (χ3v) is 4.53. The van der Waals surface area contributed by atoms with Crippen molar-refractivity contribution < 1.29 is 19.2 Å². The van der Waals surface area contributed by atoms with Gasteiger partial charge in [-0.15, -0.1) is 11.8 Å². The zero-order chi connectivity index (χ0) is 20.0. The van der Waals surface area contributed by atoms with E-state index in [2.05, 4.69) is 5.32 Å². The molecule has 27 heavy (non-hydrogen) atoms. The number of carbonyl (C=O) groups is 2. The number of anilines is 1. The first-order chi connectivity index (χ1) is 12.9. The monoisotopic (exact) mass is 389 g/mol. The van der Waals surface area contributed by atoms with Gasteiger partial charge < -0.3 is 15.0 Å². The fourth-order valence-electron chi connectivity index (χ4n) is 2.41. The second-order valence-electron chi connectivity index (χ2n) is 5.55. The fraction of sp³-hybridized carbons (Fsp3) is 0.222. The van der Waals surface area contributed by atoms with Crippen LogP contribution < -0.4 is 10.1 Å². The van der Waals surface area contributed by atoms with Crippen LogP contribution in [0.4, 0.5) is 11.4 Å². The molecule has 2 aromatic carbocycles. The molecule has 2 rings (SSSR count). The summed E-state index contributed by atoms with van der Waals surface area (Å²) >= 11 is 1.50. The average Bonchev–Trinajstić information content (AvgIpc) is 2.67. The Morgan fingerprint density at radius 1 is 1.26 bits per heavy atom. The lowest BCUT2D eigenvalue weighted by atomic mass is 10.1. The van der Waals surface area contributed by atoms with Gasteiger partial charge >= 0.3 is 5.69 Å². The number of benzene rings is 2.